The Morgan fingerprint density at radius 3 is 2.33 bits per heavy atom. The van der Waals surface area contributed by atoms with E-state index in [0.717, 1.165) is 12.6 Å². The Hall–Kier alpha value is -0.120. The van der Waals surface area contributed by atoms with Crippen LogP contribution in [0.5, 0.6) is 0 Å². The maximum absolute atomic E-state index is 6.15. The molecule has 0 aromatic rings. The van der Waals surface area contributed by atoms with E-state index in [1.54, 1.807) is 0 Å². The lowest BCUT2D eigenvalue weighted by atomic mass is 9.91. The molecule has 2 saturated heterocycles. The number of nitrogens with two attached hydrogens (primary N) is 1. The average molecular weight is 211 g/mol. The SMILES string of the molecule is CC1CCN(C2CCN(C)CC2)CC1N. The highest BCUT2D eigenvalue weighted by Crippen LogP contribution is 2.22. The second-order valence-corrected chi connectivity index (χ2v) is 5.46. The largest absolute Gasteiger partial charge is 0.326 e. The fourth-order valence-corrected chi connectivity index (χ4v) is 2.82. The van der Waals surface area contributed by atoms with Crippen LogP contribution in [0.1, 0.15) is 26.2 Å². The van der Waals surface area contributed by atoms with Crippen molar-refractivity contribution >= 4 is 0 Å². The zero-order valence-corrected chi connectivity index (χ0v) is 10.2. The van der Waals surface area contributed by atoms with Crippen molar-refractivity contribution in [3.05, 3.63) is 0 Å². The van der Waals surface area contributed by atoms with Crippen molar-refractivity contribution in [3.8, 4) is 0 Å². The summed E-state index contributed by atoms with van der Waals surface area (Å²) in [7, 11) is 2.22. The molecule has 2 fully saturated rings. The second kappa shape index (κ2) is 4.81. The first kappa shape index (κ1) is 11.4. The molecular formula is C12H25N3. The van der Waals surface area contributed by atoms with E-state index < -0.39 is 0 Å². The van der Waals surface area contributed by atoms with Crippen molar-refractivity contribution in [2.75, 3.05) is 33.2 Å². The van der Waals surface area contributed by atoms with Crippen LogP contribution in [0.25, 0.3) is 0 Å². The Morgan fingerprint density at radius 2 is 1.73 bits per heavy atom. The molecule has 0 aliphatic carbocycles. The minimum atomic E-state index is 0.401. The van der Waals surface area contributed by atoms with Crippen LogP contribution in [0.15, 0.2) is 0 Å². The predicted molar refractivity (Wildman–Crippen MR) is 63.8 cm³/mol. The van der Waals surface area contributed by atoms with Gasteiger partial charge in [-0.15, -0.1) is 0 Å². The normalized spacial score (nSPS) is 37.0. The molecule has 0 bridgehead atoms. The first-order valence-corrected chi connectivity index (χ1v) is 6.35. The van der Waals surface area contributed by atoms with Crippen molar-refractivity contribution in [1.82, 2.24) is 9.80 Å². The van der Waals surface area contributed by atoms with Gasteiger partial charge in [-0.25, -0.2) is 0 Å². The molecule has 2 aliphatic rings. The lowest BCUT2D eigenvalue weighted by Gasteiger charge is -2.42. The smallest absolute Gasteiger partial charge is 0.0194 e. The van der Waals surface area contributed by atoms with Gasteiger partial charge in [0.2, 0.25) is 0 Å². The van der Waals surface area contributed by atoms with Gasteiger partial charge in [-0.2, -0.15) is 0 Å². The van der Waals surface area contributed by atoms with Gasteiger partial charge in [0.15, 0.2) is 0 Å². The third-order valence-corrected chi connectivity index (χ3v) is 4.25. The predicted octanol–water partition coefficient (Wildman–Crippen LogP) is 0.750. The van der Waals surface area contributed by atoms with E-state index >= 15 is 0 Å². The van der Waals surface area contributed by atoms with Crippen LogP contribution in [-0.4, -0.2) is 55.1 Å². The van der Waals surface area contributed by atoms with Gasteiger partial charge in [0.25, 0.3) is 0 Å². The molecule has 0 aromatic carbocycles. The molecule has 0 spiro atoms. The molecule has 2 atom stereocenters. The van der Waals surface area contributed by atoms with Gasteiger partial charge in [0, 0.05) is 18.6 Å². The minimum absolute atomic E-state index is 0.401. The zero-order valence-electron chi connectivity index (χ0n) is 10.2. The molecule has 88 valence electrons. The summed E-state index contributed by atoms with van der Waals surface area (Å²) < 4.78 is 0. The van der Waals surface area contributed by atoms with Crippen LogP contribution in [0, 0.1) is 5.92 Å². The van der Waals surface area contributed by atoms with E-state index in [9.17, 15) is 0 Å². The summed E-state index contributed by atoms with van der Waals surface area (Å²) >= 11 is 0. The molecular weight excluding hydrogens is 186 g/mol. The number of hydrogen-bond acceptors (Lipinski definition) is 3. The van der Waals surface area contributed by atoms with E-state index in [2.05, 4.69) is 23.8 Å². The maximum atomic E-state index is 6.15. The Balaban J connectivity index is 1.84. The first-order valence-electron chi connectivity index (χ1n) is 6.35. The van der Waals surface area contributed by atoms with Gasteiger partial charge in [-0.05, 0) is 51.9 Å². The summed E-state index contributed by atoms with van der Waals surface area (Å²) in [4.78, 5) is 5.07. The molecule has 0 amide bonds. The number of nitrogens with zero attached hydrogens (tertiary/aromatic N) is 2. The Morgan fingerprint density at radius 1 is 1.07 bits per heavy atom. The van der Waals surface area contributed by atoms with Crippen LogP contribution >= 0.6 is 0 Å². The standard InChI is InChI=1S/C12H25N3/c1-10-3-8-15(9-12(10)13)11-4-6-14(2)7-5-11/h10-12H,3-9,13H2,1-2H3. The van der Waals surface area contributed by atoms with Crippen molar-refractivity contribution in [2.24, 2.45) is 11.7 Å². The van der Waals surface area contributed by atoms with Crippen molar-refractivity contribution < 1.29 is 0 Å². The summed E-state index contributed by atoms with van der Waals surface area (Å²) in [5.74, 6) is 0.715. The van der Waals surface area contributed by atoms with Crippen LogP contribution in [0.4, 0.5) is 0 Å². The summed E-state index contributed by atoms with van der Waals surface area (Å²) in [5, 5.41) is 0. The number of hydrogen-bond donors (Lipinski definition) is 1. The maximum Gasteiger partial charge on any atom is 0.0194 e. The van der Waals surface area contributed by atoms with Gasteiger partial charge < -0.3 is 10.6 Å². The van der Waals surface area contributed by atoms with Gasteiger partial charge >= 0.3 is 0 Å². The summed E-state index contributed by atoms with van der Waals surface area (Å²) in [5.41, 5.74) is 6.15. The molecule has 3 nitrogen and oxygen atoms in total. The molecule has 0 radical (unpaired) electrons. The Kier molecular flexibility index (Phi) is 3.65. The third kappa shape index (κ3) is 2.71. The van der Waals surface area contributed by atoms with Gasteiger partial charge in [-0.1, -0.05) is 6.92 Å². The molecule has 3 heteroatoms. The van der Waals surface area contributed by atoms with Crippen LogP contribution in [0.3, 0.4) is 0 Å². The highest BCUT2D eigenvalue weighted by atomic mass is 15.2. The summed E-state index contributed by atoms with van der Waals surface area (Å²) in [6.07, 6.45) is 3.95. The molecule has 2 N–H and O–H groups in total. The summed E-state index contributed by atoms with van der Waals surface area (Å²) in [6.45, 7) is 7.19. The van der Waals surface area contributed by atoms with Gasteiger partial charge in [0.05, 0.1) is 0 Å². The first-order chi connectivity index (χ1) is 7.16. The van der Waals surface area contributed by atoms with Crippen molar-refractivity contribution in [2.45, 2.75) is 38.3 Å². The molecule has 2 heterocycles. The Bertz CT molecular complexity index is 199. The van der Waals surface area contributed by atoms with E-state index in [-0.39, 0.29) is 0 Å². The van der Waals surface area contributed by atoms with E-state index in [1.807, 2.05) is 0 Å². The lowest BCUT2D eigenvalue weighted by molar-refractivity contribution is 0.0780. The van der Waals surface area contributed by atoms with Crippen LogP contribution < -0.4 is 5.73 Å². The second-order valence-electron chi connectivity index (χ2n) is 5.46. The van der Waals surface area contributed by atoms with Crippen LogP contribution in [0.2, 0.25) is 0 Å². The highest BCUT2D eigenvalue weighted by molar-refractivity contribution is 4.86. The van der Waals surface area contributed by atoms with Crippen molar-refractivity contribution in [1.29, 1.82) is 0 Å². The monoisotopic (exact) mass is 211 g/mol. The fourth-order valence-electron chi connectivity index (χ4n) is 2.82. The Labute approximate surface area is 93.6 Å². The molecule has 0 saturated carbocycles. The van der Waals surface area contributed by atoms with E-state index in [4.69, 9.17) is 5.73 Å². The fraction of sp³-hybridized carbons (Fsp3) is 1.00. The quantitative estimate of drug-likeness (QED) is 0.695. The average Bonchev–Trinajstić information content (AvgIpc) is 2.23. The van der Waals surface area contributed by atoms with E-state index in [1.165, 1.54) is 38.9 Å². The topological polar surface area (TPSA) is 32.5 Å². The number of piperidine rings is 2. The molecule has 2 aliphatic heterocycles. The third-order valence-electron chi connectivity index (χ3n) is 4.25. The summed E-state index contributed by atoms with van der Waals surface area (Å²) in [6, 6.07) is 1.21. The van der Waals surface area contributed by atoms with Crippen molar-refractivity contribution in [3.63, 3.8) is 0 Å². The van der Waals surface area contributed by atoms with Gasteiger partial charge in [0.1, 0.15) is 0 Å². The van der Waals surface area contributed by atoms with E-state index in [0.29, 0.717) is 12.0 Å². The molecule has 15 heavy (non-hydrogen) atoms. The minimum Gasteiger partial charge on any atom is -0.326 e. The number of likely N-dealkylation sites (tertiary alicyclic amines) is 2. The number of rotatable bonds is 1. The molecule has 2 rings (SSSR count). The van der Waals surface area contributed by atoms with Crippen LogP contribution in [-0.2, 0) is 0 Å². The lowest BCUT2D eigenvalue weighted by Crippen LogP contribution is -2.53. The molecule has 2 unspecified atom stereocenters. The highest BCUT2D eigenvalue weighted by Gasteiger charge is 2.29. The molecule has 0 aromatic heterocycles. The van der Waals surface area contributed by atoms with Gasteiger partial charge in [-0.3, -0.25) is 4.90 Å². The zero-order chi connectivity index (χ0) is 10.8.